The first-order chi connectivity index (χ1) is 9.56. The number of nitrogens with two attached hydrogens (primary N) is 1. The average Bonchev–Trinajstić information content (AvgIpc) is 2.40. The van der Waals surface area contributed by atoms with Crippen molar-refractivity contribution >= 4 is 11.7 Å². The maximum atomic E-state index is 11.1. The molecule has 0 bridgehead atoms. The van der Waals surface area contributed by atoms with Crippen molar-refractivity contribution in [3.8, 4) is 11.1 Å². The number of primary amides is 1. The Kier molecular flexibility index (Phi) is 4.38. The SMILES string of the molecule is CC(O)Cc1ccc(NC(N)=O)c(-c2ccccc2)c1. The number of hydrogen-bond acceptors (Lipinski definition) is 2. The van der Waals surface area contributed by atoms with Crippen LogP contribution in [0.15, 0.2) is 48.5 Å². The van der Waals surface area contributed by atoms with E-state index in [1.807, 2.05) is 48.5 Å². The van der Waals surface area contributed by atoms with Gasteiger partial charge in [0.25, 0.3) is 0 Å². The lowest BCUT2D eigenvalue weighted by Crippen LogP contribution is -2.19. The van der Waals surface area contributed by atoms with Gasteiger partial charge in [0.1, 0.15) is 0 Å². The molecule has 0 spiro atoms. The summed E-state index contributed by atoms with van der Waals surface area (Å²) in [7, 11) is 0. The van der Waals surface area contributed by atoms with Crippen molar-refractivity contribution in [3.63, 3.8) is 0 Å². The van der Waals surface area contributed by atoms with Gasteiger partial charge in [-0.3, -0.25) is 0 Å². The number of benzene rings is 2. The quantitative estimate of drug-likeness (QED) is 0.799. The van der Waals surface area contributed by atoms with Crippen LogP contribution in [0.1, 0.15) is 12.5 Å². The summed E-state index contributed by atoms with van der Waals surface area (Å²) >= 11 is 0. The fraction of sp³-hybridized carbons (Fsp3) is 0.188. The maximum absolute atomic E-state index is 11.1. The van der Waals surface area contributed by atoms with Gasteiger partial charge in [-0.15, -0.1) is 0 Å². The number of aliphatic hydroxyl groups is 1. The van der Waals surface area contributed by atoms with E-state index in [1.54, 1.807) is 6.92 Å². The first-order valence-electron chi connectivity index (χ1n) is 6.49. The van der Waals surface area contributed by atoms with E-state index < -0.39 is 12.1 Å². The summed E-state index contributed by atoms with van der Waals surface area (Å²) in [6.07, 6.45) is 0.157. The lowest BCUT2D eigenvalue weighted by Gasteiger charge is -2.13. The van der Waals surface area contributed by atoms with E-state index in [2.05, 4.69) is 5.32 Å². The van der Waals surface area contributed by atoms with Crippen molar-refractivity contribution in [2.75, 3.05) is 5.32 Å². The zero-order chi connectivity index (χ0) is 14.5. The number of anilines is 1. The van der Waals surface area contributed by atoms with E-state index in [1.165, 1.54) is 0 Å². The molecule has 2 aromatic rings. The lowest BCUT2D eigenvalue weighted by atomic mass is 9.98. The summed E-state index contributed by atoms with van der Waals surface area (Å²) < 4.78 is 0. The number of carbonyl (C=O) groups excluding carboxylic acids is 1. The molecule has 0 aromatic heterocycles. The second-order valence-corrected chi connectivity index (χ2v) is 4.79. The first-order valence-corrected chi connectivity index (χ1v) is 6.49. The molecule has 4 heteroatoms. The third-order valence-corrected chi connectivity index (χ3v) is 2.96. The molecule has 1 unspecified atom stereocenters. The van der Waals surface area contributed by atoms with Crippen molar-refractivity contribution in [1.29, 1.82) is 0 Å². The van der Waals surface area contributed by atoms with Crippen molar-refractivity contribution in [2.24, 2.45) is 5.73 Å². The number of urea groups is 1. The molecule has 104 valence electrons. The molecular formula is C16H18N2O2. The molecule has 0 aliphatic carbocycles. The summed E-state index contributed by atoms with van der Waals surface area (Å²) in [6.45, 7) is 1.75. The van der Waals surface area contributed by atoms with Gasteiger partial charge in [0.2, 0.25) is 0 Å². The Hall–Kier alpha value is -2.33. The Bertz CT molecular complexity index is 595. The van der Waals surface area contributed by atoms with Crippen molar-refractivity contribution in [3.05, 3.63) is 54.1 Å². The minimum Gasteiger partial charge on any atom is -0.393 e. The predicted molar refractivity (Wildman–Crippen MR) is 80.5 cm³/mol. The van der Waals surface area contributed by atoms with Gasteiger partial charge in [-0.25, -0.2) is 4.79 Å². The maximum Gasteiger partial charge on any atom is 0.316 e. The van der Waals surface area contributed by atoms with Gasteiger partial charge in [-0.2, -0.15) is 0 Å². The average molecular weight is 270 g/mol. The second kappa shape index (κ2) is 6.21. The molecule has 1 atom stereocenters. The number of amides is 2. The Morgan fingerprint density at radius 3 is 2.55 bits per heavy atom. The van der Waals surface area contributed by atoms with Crippen LogP contribution in [0.5, 0.6) is 0 Å². The van der Waals surface area contributed by atoms with Gasteiger partial charge in [0.05, 0.1) is 11.8 Å². The topological polar surface area (TPSA) is 75.3 Å². The zero-order valence-electron chi connectivity index (χ0n) is 11.3. The van der Waals surface area contributed by atoms with Gasteiger partial charge in [-0.05, 0) is 36.6 Å². The van der Waals surface area contributed by atoms with E-state index in [-0.39, 0.29) is 0 Å². The summed E-state index contributed by atoms with van der Waals surface area (Å²) in [5, 5.41) is 12.1. The van der Waals surface area contributed by atoms with Crippen molar-refractivity contribution in [1.82, 2.24) is 0 Å². The third kappa shape index (κ3) is 3.59. The van der Waals surface area contributed by atoms with Crippen LogP contribution < -0.4 is 11.1 Å². The van der Waals surface area contributed by atoms with Crippen LogP contribution in [0, 0.1) is 0 Å². The molecule has 4 nitrogen and oxygen atoms in total. The lowest BCUT2D eigenvalue weighted by molar-refractivity contribution is 0.195. The Labute approximate surface area is 118 Å². The number of rotatable bonds is 4. The van der Waals surface area contributed by atoms with Crippen molar-refractivity contribution in [2.45, 2.75) is 19.4 Å². The normalized spacial score (nSPS) is 11.9. The summed E-state index contributed by atoms with van der Waals surface area (Å²) in [6, 6.07) is 14.8. The largest absolute Gasteiger partial charge is 0.393 e. The summed E-state index contributed by atoms with van der Waals surface area (Å²) in [5.74, 6) is 0. The van der Waals surface area contributed by atoms with Crippen LogP contribution in [0.25, 0.3) is 11.1 Å². The molecule has 0 heterocycles. The van der Waals surface area contributed by atoms with Crippen LogP contribution in [-0.2, 0) is 6.42 Å². The molecule has 0 aliphatic heterocycles. The highest BCUT2D eigenvalue weighted by Crippen LogP contribution is 2.29. The van der Waals surface area contributed by atoms with Crippen LogP contribution in [0.2, 0.25) is 0 Å². The number of aliphatic hydroxyl groups excluding tert-OH is 1. The first kappa shape index (κ1) is 14.1. The number of nitrogens with one attached hydrogen (secondary N) is 1. The highest BCUT2D eigenvalue weighted by atomic mass is 16.3. The minimum absolute atomic E-state index is 0.409. The Balaban J connectivity index is 2.45. The predicted octanol–water partition coefficient (Wildman–Crippen LogP) is 2.77. The molecular weight excluding hydrogens is 252 g/mol. The van der Waals surface area contributed by atoms with Gasteiger partial charge in [0, 0.05) is 5.56 Å². The highest BCUT2D eigenvalue weighted by molar-refractivity contribution is 5.93. The summed E-state index contributed by atoms with van der Waals surface area (Å²) in [5.41, 5.74) is 8.75. The van der Waals surface area contributed by atoms with E-state index in [0.29, 0.717) is 12.1 Å². The molecule has 4 N–H and O–H groups in total. The molecule has 2 aromatic carbocycles. The van der Waals surface area contributed by atoms with Crippen LogP contribution in [-0.4, -0.2) is 17.2 Å². The number of hydrogen-bond donors (Lipinski definition) is 3. The molecule has 0 radical (unpaired) electrons. The third-order valence-electron chi connectivity index (χ3n) is 2.96. The minimum atomic E-state index is -0.592. The van der Waals surface area contributed by atoms with E-state index >= 15 is 0 Å². The van der Waals surface area contributed by atoms with E-state index in [0.717, 1.165) is 16.7 Å². The molecule has 0 saturated heterocycles. The van der Waals surface area contributed by atoms with Gasteiger partial charge >= 0.3 is 6.03 Å². The number of carbonyl (C=O) groups is 1. The molecule has 2 amide bonds. The molecule has 0 aliphatic rings. The van der Waals surface area contributed by atoms with E-state index in [9.17, 15) is 9.90 Å². The van der Waals surface area contributed by atoms with E-state index in [4.69, 9.17) is 5.73 Å². The van der Waals surface area contributed by atoms with Crippen LogP contribution in [0.4, 0.5) is 10.5 Å². The Morgan fingerprint density at radius 2 is 1.95 bits per heavy atom. The zero-order valence-corrected chi connectivity index (χ0v) is 11.3. The summed E-state index contributed by atoms with van der Waals surface area (Å²) in [4.78, 5) is 11.1. The highest BCUT2D eigenvalue weighted by Gasteiger charge is 2.09. The monoisotopic (exact) mass is 270 g/mol. The van der Waals surface area contributed by atoms with Gasteiger partial charge in [-0.1, -0.05) is 36.4 Å². The standard InChI is InChI=1S/C16H18N2O2/c1-11(19)9-12-7-8-15(18-16(17)20)14(10-12)13-5-3-2-4-6-13/h2-8,10-11,19H,9H2,1H3,(H3,17,18,20). The fourth-order valence-electron chi connectivity index (χ4n) is 2.16. The van der Waals surface area contributed by atoms with Gasteiger partial charge in [0.15, 0.2) is 0 Å². The fourth-order valence-corrected chi connectivity index (χ4v) is 2.16. The van der Waals surface area contributed by atoms with Crippen LogP contribution >= 0.6 is 0 Å². The van der Waals surface area contributed by atoms with Gasteiger partial charge < -0.3 is 16.2 Å². The second-order valence-electron chi connectivity index (χ2n) is 4.79. The molecule has 2 rings (SSSR count). The van der Waals surface area contributed by atoms with Crippen molar-refractivity contribution < 1.29 is 9.90 Å². The van der Waals surface area contributed by atoms with Crippen LogP contribution in [0.3, 0.4) is 0 Å². The molecule has 20 heavy (non-hydrogen) atoms. The Morgan fingerprint density at radius 1 is 1.25 bits per heavy atom. The molecule has 0 fully saturated rings. The smallest absolute Gasteiger partial charge is 0.316 e. The molecule has 0 saturated carbocycles.